The summed E-state index contributed by atoms with van der Waals surface area (Å²) in [5, 5.41) is 4.12. The van der Waals surface area contributed by atoms with Crippen LogP contribution in [0.15, 0.2) is 53.8 Å². The summed E-state index contributed by atoms with van der Waals surface area (Å²) < 4.78 is 0. The number of hydrogen-bond donors (Lipinski definition) is 1. The van der Waals surface area contributed by atoms with Crippen molar-refractivity contribution in [2.75, 3.05) is 5.43 Å². The smallest absolute Gasteiger partial charge is 0.146 e. The molecular formula is C13H13N3. The minimum absolute atomic E-state index is 0.742. The maximum absolute atomic E-state index is 4.12. The number of benzene rings is 1. The van der Waals surface area contributed by atoms with E-state index in [2.05, 4.69) is 34.6 Å². The zero-order valence-electron chi connectivity index (χ0n) is 9.09. The summed E-state index contributed by atoms with van der Waals surface area (Å²) in [5.41, 5.74) is 5.17. The lowest BCUT2D eigenvalue weighted by Crippen LogP contribution is -1.92. The largest absolute Gasteiger partial charge is 0.261 e. The molecule has 2 aromatic rings. The molecule has 1 N–H and O–H groups in total. The zero-order chi connectivity index (χ0) is 11.2. The van der Waals surface area contributed by atoms with Gasteiger partial charge in [0.15, 0.2) is 0 Å². The van der Waals surface area contributed by atoms with Crippen LogP contribution in [0.5, 0.6) is 0 Å². The van der Waals surface area contributed by atoms with Gasteiger partial charge >= 0.3 is 0 Å². The van der Waals surface area contributed by atoms with Crippen LogP contribution in [0.2, 0.25) is 0 Å². The molecule has 0 amide bonds. The molecular weight excluding hydrogens is 198 g/mol. The number of aromatic nitrogens is 1. The van der Waals surface area contributed by atoms with Crippen LogP contribution in [0.3, 0.4) is 0 Å². The van der Waals surface area contributed by atoms with Gasteiger partial charge in [-0.2, -0.15) is 5.10 Å². The van der Waals surface area contributed by atoms with E-state index in [1.54, 1.807) is 12.4 Å². The second kappa shape index (κ2) is 5.07. The van der Waals surface area contributed by atoms with Crippen LogP contribution in [0.4, 0.5) is 5.82 Å². The standard InChI is InChI=1S/C13H13N3/c1-11-5-4-6-12(9-11)10-15-16-13-7-2-3-8-14-13/h2-10H,1H3,(H,14,16). The maximum atomic E-state index is 4.12. The molecule has 0 unspecified atom stereocenters. The Kier molecular flexibility index (Phi) is 3.28. The van der Waals surface area contributed by atoms with Crippen molar-refractivity contribution >= 4 is 12.0 Å². The third-order valence-corrected chi connectivity index (χ3v) is 2.10. The van der Waals surface area contributed by atoms with Crippen molar-refractivity contribution in [1.29, 1.82) is 0 Å². The Morgan fingerprint density at radius 3 is 2.88 bits per heavy atom. The third-order valence-electron chi connectivity index (χ3n) is 2.10. The minimum Gasteiger partial charge on any atom is -0.261 e. The minimum atomic E-state index is 0.742. The number of hydrazone groups is 1. The highest BCUT2D eigenvalue weighted by atomic mass is 15.3. The summed E-state index contributed by atoms with van der Waals surface area (Å²) in [7, 11) is 0. The van der Waals surface area contributed by atoms with Crippen molar-refractivity contribution in [3.63, 3.8) is 0 Å². The van der Waals surface area contributed by atoms with Crippen molar-refractivity contribution in [2.45, 2.75) is 6.92 Å². The van der Waals surface area contributed by atoms with Gasteiger partial charge in [-0.25, -0.2) is 4.98 Å². The van der Waals surface area contributed by atoms with Gasteiger partial charge in [0.05, 0.1) is 6.21 Å². The monoisotopic (exact) mass is 211 g/mol. The first-order valence-corrected chi connectivity index (χ1v) is 5.11. The Morgan fingerprint density at radius 2 is 2.12 bits per heavy atom. The molecule has 0 aliphatic carbocycles. The molecule has 0 saturated heterocycles. The van der Waals surface area contributed by atoms with Crippen molar-refractivity contribution in [1.82, 2.24) is 4.98 Å². The molecule has 3 nitrogen and oxygen atoms in total. The van der Waals surface area contributed by atoms with Crippen molar-refractivity contribution in [3.8, 4) is 0 Å². The second-order valence-electron chi connectivity index (χ2n) is 3.50. The Bertz CT molecular complexity index is 478. The van der Waals surface area contributed by atoms with E-state index >= 15 is 0 Å². The zero-order valence-corrected chi connectivity index (χ0v) is 9.09. The van der Waals surface area contributed by atoms with Crippen LogP contribution in [0, 0.1) is 6.92 Å². The number of pyridine rings is 1. The van der Waals surface area contributed by atoms with E-state index in [1.165, 1.54) is 5.56 Å². The van der Waals surface area contributed by atoms with Gasteiger partial charge in [0.1, 0.15) is 5.82 Å². The van der Waals surface area contributed by atoms with Crippen molar-refractivity contribution < 1.29 is 0 Å². The number of hydrogen-bond acceptors (Lipinski definition) is 3. The highest BCUT2D eigenvalue weighted by Gasteiger charge is 1.89. The van der Waals surface area contributed by atoms with Gasteiger partial charge in [-0.15, -0.1) is 0 Å². The summed E-state index contributed by atoms with van der Waals surface area (Å²) in [6.45, 7) is 2.06. The summed E-state index contributed by atoms with van der Waals surface area (Å²) >= 11 is 0. The second-order valence-corrected chi connectivity index (χ2v) is 3.50. The summed E-state index contributed by atoms with van der Waals surface area (Å²) in [4.78, 5) is 4.10. The predicted molar refractivity (Wildman–Crippen MR) is 66.6 cm³/mol. The van der Waals surface area contributed by atoms with E-state index < -0.39 is 0 Å². The lowest BCUT2D eigenvalue weighted by Gasteiger charge is -1.98. The average molecular weight is 211 g/mol. The summed E-state index contributed by atoms with van der Waals surface area (Å²) in [6, 6.07) is 13.8. The lowest BCUT2D eigenvalue weighted by atomic mass is 10.2. The number of rotatable bonds is 3. The van der Waals surface area contributed by atoms with Crippen molar-refractivity contribution in [3.05, 3.63) is 59.8 Å². The number of anilines is 1. The molecule has 0 atom stereocenters. The molecule has 1 aromatic heterocycles. The van der Waals surface area contributed by atoms with E-state index in [9.17, 15) is 0 Å². The highest BCUT2D eigenvalue weighted by Crippen LogP contribution is 2.02. The molecule has 1 heterocycles. The van der Waals surface area contributed by atoms with Crippen LogP contribution in [0.25, 0.3) is 0 Å². The third kappa shape index (κ3) is 2.92. The Balaban J connectivity index is 2.00. The summed E-state index contributed by atoms with van der Waals surface area (Å²) in [5.74, 6) is 0.742. The summed E-state index contributed by atoms with van der Waals surface area (Å²) in [6.07, 6.45) is 3.51. The van der Waals surface area contributed by atoms with Gasteiger partial charge in [-0.1, -0.05) is 35.9 Å². The Morgan fingerprint density at radius 1 is 1.19 bits per heavy atom. The molecule has 2 rings (SSSR count). The van der Waals surface area contributed by atoms with Crippen molar-refractivity contribution in [2.24, 2.45) is 5.10 Å². The van der Waals surface area contributed by atoms with Crippen LogP contribution in [0.1, 0.15) is 11.1 Å². The van der Waals surface area contributed by atoms with Crippen LogP contribution < -0.4 is 5.43 Å². The molecule has 0 aliphatic heterocycles. The first-order valence-electron chi connectivity index (χ1n) is 5.11. The van der Waals surface area contributed by atoms with Crippen LogP contribution in [-0.2, 0) is 0 Å². The molecule has 0 spiro atoms. The van der Waals surface area contributed by atoms with Gasteiger partial charge in [0.25, 0.3) is 0 Å². The van der Waals surface area contributed by atoms with E-state index in [1.807, 2.05) is 30.3 Å². The first kappa shape index (κ1) is 10.4. The molecule has 1 aromatic carbocycles. The SMILES string of the molecule is Cc1cccc(C=NNc2ccccn2)c1. The van der Waals surface area contributed by atoms with Gasteiger partial charge in [0, 0.05) is 6.20 Å². The number of nitrogens with zero attached hydrogens (tertiary/aromatic N) is 2. The molecule has 80 valence electrons. The molecule has 0 fully saturated rings. The average Bonchev–Trinajstić information content (AvgIpc) is 2.30. The normalized spacial score (nSPS) is 10.6. The molecule has 0 aliphatic rings. The predicted octanol–water partition coefficient (Wildman–Crippen LogP) is 2.84. The highest BCUT2D eigenvalue weighted by molar-refractivity contribution is 5.80. The van der Waals surface area contributed by atoms with Crippen LogP contribution in [-0.4, -0.2) is 11.2 Å². The molecule has 0 saturated carbocycles. The topological polar surface area (TPSA) is 37.3 Å². The quantitative estimate of drug-likeness (QED) is 0.626. The lowest BCUT2D eigenvalue weighted by molar-refractivity contribution is 1.23. The van der Waals surface area contributed by atoms with Gasteiger partial charge < -0.3 is 0 Å². The Hall–Kier alpha value is -2.16. The Labute approximate surface area is 94.9 Å². The maximum Gasteiger partial charge on any atom is 0.146 e. The molecule has 3 heteroatoms. The van der Waals surface area contributed by atoms with E-state index in [-0.39, 0.29) is 0 Å². The van der Waals surface area contributed by atoms with Gasteiger partial charge in [0.2, 0.25) is 0 Å². The number of aryl methyl sites for hydroxylation is 1. The van der Waals surface area contributed by atoms with E-state index in [0.717, 1.165) is 11.4 Å². The fraction of sp³-hybridized carbons (Fsp3) is 0.0769. The molecule has 0 radical (unpaired) electrons. The van der Waals surface area contributed by atoms with Crippen LogP contribution >= 0.6 is 0 Å². The first-order chi connectivity index (χ1) is 7.84. The fourth-order valence-electron chi connectivity index (χ4n) is 1.35. The fourth-order valence-corrected chi connectivity index (χ4v) is 1.35. The van der Waals surface area contributed by atoms with Gasteiger partial charge in [-0.3, -0.25) is 5.43 Å². The van der Waals surface area contributed by atoms with E-state index in [0.29, 0.717) is 0 Å². The van der Waals surface area contributed by atoms with E-state index in [4.69, 9.17) is 0 Å². The van der Waals surface area contributed by atoms with Gasteiger partial charge in [-0.05, 0) is 24.6 Å². The number of nitrogens with one attached hydrogen (secondary N) is 1. The molecule has 0 bridgehead atoms. The molecule has 16 heavy (non-hydrogen) atoms.